The summed E-state index contributed by atoms with van der Waals surface area (Å²) in [6.07, 6.45) is 1.79. The van der Waals surface area contributed by atoms with Gasteiger partial charge in [0.05, 0.1) is 13.7 Å². The van der Waals surface area contributed by atoms with Crippen molar-refractivity contribution in [1.82, 2.24) is 9.88 Å². The summed E-state index contributed by atoms with van der Waals surface area (Å²) in [5.41, 5.74) is 1.20. The average molecular weight is 466 g/mol. The van der Waals surface area contributed by atoms with Crippen LogP contribution in [0.4, 0.5) is 4.39 Å². The molecule has 7 nitrogen and oxygen atoms in total. The molecule has 33 heavy (non-hydrogen) atoms. The van der Waals surface area contributed by atoms with Gasteiger partial charge in [0.25, 0.3) is 11.8 Å². The Morgan fingerprint density at radius 2 is 1.97 bits per heavy atom. The van der Waals surface area contributed by atoms with E-state index in [0.717, 1.165) is 5.56 Å². The lowest BCUT2D eigenvalue weighted by molar-refractivity contribution is 0.0920. The summed E-state index contributed by atoms with van der Waals surface area (Å²) < 4.78 is 25.6. The van der Waals surface area contributed by atoms with E-state index in [2.05, 4.69) is 10.3 Å². The van der Waals surface area contributed by atoms with Crippen LogP contribution in [0.25, 0.3) is 0 Å². The van der Waals surface area contributed by atoms with E-state index in [-0.39, 0.29) is 29.9 Å². The summed E-state index contributed by atoms with van der Waals surface area (Å²) in [5.74, 6) is 0.188. The van der Waals surface area contributed by atoms with Gasteiger partial charge in [0.2, 0.25) is 0 Å². The van der Waals surface area contributed by atoms with Gasteiger partial charge in [-0.25, -0.2) is 4.39 Å². The van der Waals surface area contributed by atoms with Crippen LogP contribution in [-0.4, -0.2) is 23.5 Å². The van der Waals surface area contributed by atoms with Gasteiger partial charge >= 0.3 is 0 Å². The average Bonchev–Trinajstić information content (AvgIpc) is 3.48. The molecule has 0 saturated carbocycles. The number of thiazole rings is 1. The number of benzene rings is 2. The molecule has 0 spiro atoms. The molecular weight excluding hydrogens is 445 g/mol. The Bertz CT molecular complexity index is 1340. The number of nitrogens with zero attached hydrogens (tertiary/aromatic N) is 2. The summed E-state index contributed by atoms with van der Waals surface area (Å²) in [7, 11) is 1.54. The van der Waals surface area contributed by atoms with Gasteiger partial charge in [-0.1, -0.05) is 18.2 Å². The molecule has 2 amide bonds. The molecule has 0 saturated heterocycles. The van der Waals surface area contributed by atoms with E-state index in [4.69, 9.17) is 9.15 Å². The fraction of sp³-hybridized carbons (Fsp3) is 0.125. The van der Waals surface area contributed by atoms with Crippen LogP contribution in [0.1, 0.15) is 32.2 Å². The fourth-order valence-electron chi connectivity index (χ4n) is 3.04. The molecule has 0 aliphatic carbocycles. The van der Waals surface area contributed by atoms with Crippen LogP contribution in [-0.2, 0) is 13.1 Å². The van der Waals surface area contributed by atoms with E-state index in [1.54, 1.807) is 59.3 Å². The number of rotatable bonds is 7. The number of hydrogen-bond donors (Lipinski definition) is 1. The highest BCUT2D eigenvalue weighted by molar-refractivity contribution is 7.07. The summed E-state index contributed by atoms with van der Waals surface area (Å²) >= 11 is 1.32. The van der Waals surface area contributed by atoms with Crippen molar-refractivity contribution in [3.8, 4) is 5.75 Å². The first-order valence-electron chi connectivity index (χ1n) is 10.0. The van der Waals surface area contributed by atoms with Crippen molar-refractivity contribution >= 4 is 23.2 Å². The second-order valence-corrected chi connectivity index (χ2v) is 7.91. The topological polar surface area (TPSA) is 85.8 Å². The van der Waals surface area contributed by atoms with E-state index < -0.39 is 0 Å². The van der Waals surface area contributed by atoms with Crippen molar-refractivity contribution in [2.45, 2.75) is 13.1 Å². The first-order chi connectivity index (χ1) is 16.0. The quantitative estimate of drug-likeness (QED) is 0.447. The summed E-state index contributed by atoms with van der Waals surface area (Å²) in [4.78, 5) is 29.6. The summed E-state index contributed by atoms with van der Waals surface area (Å²) in [6.45, 7) is 0.558. The van der Waals surface area contributed by atoms with Gasteiger partial charge < -0.3 is 19.0 Å². The number of ether oxygens (including phenoxy) is 1. The molecule has 0 atom stereocenters. The normalized spacial score (nSPS) is 11.4. The maximum atomic E-state index is 13.0. The Hall–Kier alpha value is -3.98. The number of carbonyl (C=O) groups excluding carboxylic acids is 2. The first-order valence-corrected chi connectivity index (χ1v) is 10.9. The zero-order valence-electron chi connectivity index (χ0n) is 17.7. The van der Waals surface area contributed by atoms with Gasteiger partial charge in [-0.15, -0.1) is 11.3 Å². The highest BCUT2D eigenvalue weighted by Crippen LogP contribution is 2.14. The van der Waals surface area contributed by atoms with E-state index in [1.165, 1.54) is 30.6 Å². The molecule has 2 aromatic heterocycles. The van der Waals surface area contributed by atoms with Crippen molar-refractivity contribution in [3.05, 3.63) is 106 Å². The van der Waals surface area contributed by atoms with Crippen LogP contribution in [0.2, 0.25) is 0 Å². The van der Waals surface area contributed by atoms with Crippen LogP contribution in [0.15, 0.2) is 81.7 Å². The third-order valence-electron chi connectivity index (χ3n) is 4.75. The van der Waals surface area contributed by atoms with Gasteiger partial charge in [-0.05, 0) is 48.0 Å². The van der Waals surface area contributed by atoms with Crippen LogP contribution in [0, 0.1) is 5.82 Å². The summed E-state index contributed by atoms with van der Waals surface area (Å²) in [6, 6.07) is 16.0. The van der Waals surface area contributed by atoms with Crippen molar-refractivity contribution in [2.75, 3.05) is 7.11 Å². The van der Waals surface area contributed by atoms with Crippen molar-refractivity contribution in [2.24, 2.45) is 4.99 Å². The Kier molecular flexibility index (Phi) is 6.80. The highest BCUT2D eigenvalue weighted by atomic mass is 32.1. The predicted octanol–water partition coefficient (Wildman–Crippen LogP) is 4.01. The molecule has 0 radical (unpaired) electrons. The number of carbonyl (C=O) groups is 2. The molecule has 2 heterocycles. The highest BCUT2D eigenvalue weighted by Gasteiger charge is 2.12. The van der Waals surface area contributed by atoms with Crippen molar-refractivity contribution in [3.63, 3.8) is 0 Å². The van der Waals surface area contributed by atoms with Gasteiger partial charge in [0.1, 0.15) is 17.3 Å². The molecule has 4 aromatic rings. The smallest absolute Gasteiger partial charge is 0.287 e. The van der Waals surface area contributed by atoms with Gasteiger partial charge in [-0.2, -0.15) is 4.99 Å². The minimum atomic E-state index is -0.384. The lowest BCUT2D eigenvalue weighted by atomic mass is 10.2. The zero-order chi connectivity index (χ0) is 23.2. The second kappa shape index (κ2) is 10.1. The third-order valence-corrected chi connectivity index (χ3v) is 5.55. The fourth-order valence-corrected chi connectivity index (χ4v) is 3.77. The van der Waals surface area contributed by atoms with Crippen molar-refractivity contribution in [1.29, 1.82) is 0 Å². The largest absolute Gasteiger partial charge is 0.497 e. The molecule has 0 fully saturated rings. The minimum Gasteiger partial charge on any atom is -0.497 e. The number of halogens is 1. The number of furan rings is 1. The first kappa shape index (κ1) is 22.2. The molecule has 0 unspecified atom stereocenters. The minimum absolute atomic E-state index is 0.161. The molecule has 9 heteroatoms. The number of amides is 2. The number of nitrogens with one attached hydrogen (secondary N) is 1. The number of aromatic nitrogens is 1. The monoisotopic (exact) mass is 465 g/mol. The third kappa shape index (κ3) is 5.64. The standard InChI is InChI=1S/C24H20FN3O4S/c1-31-19-4-2-3-17(13-19)22(29)27-24-28(11-12-33-24)15-20-9-10-21(32-20)23(30)26-14-16-5-7-18(25)8-6-16/h2-13H,14-15H2,1H3,(H,26,30). The van der Waals surface area contributed by atoms with Crippen LogP contribution in [0.3, 0.4) is 0 Å². The lowest BCUT2D eigenvalue weighted by Crippen LogP contribution is -2.22. The van der Waals surface area contributed by atoms with E-state index in [1.807, 2.05) is 5.38 Å². The Balaban J connectivity index is 1.43. The van der Waals surface area contributed by atoms with Crippen LogP contribution < -0.4 is 14.9 Å². The molecule has 1 N–H and O–H groups in total. The Morgan fingerprint density at radius 1 is 1.15 bits per heavy atom. The SMILES string of the molecule is COc1cccc(C(=O)N=c2sccn2Cc2ccc(C(=O)NCc3ccc(F)cc3)o2)c1. The van der Waals surface area contributed by atoms with Crippen LogP contribution in [0.5, 0.6) is 5.75 Å². The Labute approximate surface area is 192 Å². The molecular formula is C24H20FN3O4S. The molecule has 0 aliphatic heterocycles. The van der Waals surface area contributed by atoms with E-state index in [9.17, 15) is 14.0 Å². The Morgan fingerprint density at radius 3 is 2.76 bits per heavy atom. The lowest BCUT2D eigenvalue weighted by Gasteiger charge is -2.04. The molecule has 4 rings (SSSR count). The van der Waals surface area contributed by atoms with Crippen molar-refractivity contribution < 1.29 is 23.1 Å². The number of methoxy groups -OCH3 is 1. The molecule has 0 bridgehead atoms. The molecule has 0 aliphatic rings. The molecule has 168 valence electrons. The molecule has 2 aromatic carbocycles. The van der Waals surface area contributed by atoms with Gasteiger partial charge in [-0.3, -0.25) is 9.59 Å². The van der Waals surface area contributed by atoms with Gasteiger partial charge in [0, 0.05) is 23.7 Å². The predicted molar refractivity (Wildman–Crippen MR) is 121 cm³/mol. The van der Waals surface area contributed by atoms with Crippen LogP contribution >= 0.6 is 11.3 Å². The zero-order valence-corrected chi connectivity index (χ0v) is 18.5. The van der Waals surface area contributed by atoms with E-state index in [0.29, 0.717) is 28.4 Å². The maximum Gasteiger partial charge on any atom is 0.287 e. The maximum absolute atomic E-state index is 13.0. The van der Waals surface area contributed by atoms with E-state index >= 15 is 0 Å². The summed E-state index contributed by atoms with van der Waals surface area (Å²) in [5, 5.41) is 4.55. The van der Waals surface area contributed by atoms with Gasteiger partial charge in [0.15, 0.2) is 10.6 Å². The second-order valence-electron chi connectivity index (χ2n) is 7.04. The number of hydrogen-bond acceptors (Lipinski definition) is 5.